The van der Waals surface area contributed by atoms with E-state index in [1.165, 1.54) is 48.2 Å². The summed E-state index contributed by atoms with van der Waals surface area (Å²) in [4.78, 5) is 22.5. The molecule has 10 heteroatoms. The maximum Gasteiger partial charge on any atom is 0.418 e. The third-order valence-corrected chi connectivity index (χ3v) is 5.16. The average molecular weight is 428 g/mol. The lowest BCUT2D eigenvalue weighted by Gasteiger charge is -2.16. The van der Waals surface area contributed by atoms with E-state index in [0.29, 0.717) is 4.90 Å². The third kappa shape index (κ3) is 6.67. The molecule has 156 valence electrons. The van der Waals surface area contributed by atoms with Crippen LogP contribution < -0.4 is 10.1 Å². The Labute approximate surface area is 169 Å². The van der Waals surface area contributed by atoms with Gasteiger partial charge in [0.15, 0.2) is 6.61 Å². The third-order valence-electron chi connectivity index (χ3n) is 3.90. The fourth-order valence-electron chi connectivity index (χ4n) is 2.26. The van der Waals surface area contributed by atoms with Crippen LogP contribution in [-0.4, -0.2) is 22.7 Å². The number of anilines is 1. The number of nitro groups is 1. The van der Waals surface area contributed by atoms with Crippen molar-refractivity contribution in [3.8, 4) is 5.75 Å². The minimum absolute atomic E-state index is 0.146. The number of nitrogens with zero attached hydrogens (tertiary/aromatic N) is 1. The predicted molar refractivity (Wildman–Crippen MR) is 104 cm³/mol. The van der Waals surface area contributed by atoms with Gasteiger partial charge >= 0.3 is 6.18 Å². The van der Waals surface area contributed by atoms with Crippen molar-refractivity contribution in [2.45, 2.75) is 36.6 Å². The van der Waals surface area contributed by atoms with Gasteiger partial charge in [-0.25, -0.2) is 0 Å². The number of carbonyl (C=O) groups is 1. The molecule has 0 aliphatic carbocycles. The summed E-state index contributed by atoms with van der Waals surface area (Å²) in [6.45, 7) is 3.32. The van der Waals surface area contributed by atoms with E-state index in [1.807, 2.05) is 13.8 Å². The normalized spacial score (nSPS) is 12.3. The first-order valence-electron chi connectivity index (χ1n) is 8.65. The Morgan fingerprint density at radius 3 is 2.45 bits per heavy atom. The van der Waals surface area contributed by atoms with E-state index in [4.69, 9.17) is 4.74 Å². The highest BCUT2D eigenvalue weighted by Gasteiger charge is 2.34. The summed E-state index contributed by atoms with van der Waals surface area (Å²) in [5.41, 5.74) is -1.44. The van der Waals surface area contributed by atoms with Crippen LogP contribution in [-0.2, 0) is 11.0 Å². The largest absolute Gasteiger partial charge is 0.484 e. The molecule has 1 N–H and O–H groups in total. The molecular weight excluding hydrogens is 409 g/mol. The van der Waals surface area contributed by atoms with Crippen LogP contribution in [0.25, 0.3) is 0 Å². The molecule has 1 atom stereocenters. The lowest BCUT2D eigenvalue weighted by Crippen LogP contribution is -2.22. The second kappa shape index (κ2) is 9.64. The number of hydrogen-bond acceptors (Lipinski definition) is 5. The van der Waals surface area contributed by atoms with Gasteiger partial charge in [-0.2, -0.15) is 13.2 Å². The van der Waals surface area contributed by atoms with Crippen molar-refractivity contribution in [2.75, 3.05) is 11.9 Å². The predicted octanol–water partition coefficient (Wildman–Crippen LogP) is 5.52. The molecule has 29 heavy (non-hydrogen) atoms. The van der Waals surface area contributed by atoms with E-state index in [9.17, 15) is 28.1 Å². The number of hydrogen-bond donors (Lipinski definition) is 1. The minimum Gasteiger partial charge on any atom is -0.484 e. The summed E-state index contributed by atoms with van der Waals surface area (Å²) < 4.78 is 45.4. The van der Waals surface area contributed by atoms with Gasteiger partial charge < -0.3 is 10.1 Å². The molecule has 0 saturated carbocycles. The summed E-state index contributed by atoms with van der Waals surface area (Å²) in [5.74, 6) is -0.599. The first-order valence-corrected chi connectivity index (χ1v) is 9.53. The number of non-ortho nitro benzene ring substituents is 1. The van der Waals surface area contributed by atoms with E-state index < -0.39 is 29.2 Å². The van der Waals surface area contributed by atoms with Crippen molar-refractivity contribution in [1.82, 2.24) is 0 Å². The van der Waals surface area contributed by atoms with Gasteiger partial charge in [0.05, 0.1) is 16.2 Å². The highest BCUT2D eigenvalue weighted by molar-refractivity contribution is 7.99. The molecule has 0 aliphatic rings. The molecule has 1 amide bonds. The van der Waals surface area contributed by atoms with Crippen molar-refractivity contribution in [3.05, 3.63) is 58.1 Å². The van der Waals surface area contributed by atoms with Gasteiger partial charge in [0.1, 0.15) is 5.75 Å². The molecule has 0 fully saturated rings. The number of ether oxygens (including phenoxy) is 1. The van der Waals surface area contributed by atoms with Crippen molar-refractivity contribution >= 4 is 29.0 Å². The van der Waals surface area contributed by atoms with Crippen molar-refractivity contribution in [1.29, 1.82) is 0 Å². The van der Waals surface area contributed by atoms with Gasteiger partial charge in [0.25, 0.3) is 11.6 Å². The fourth-order valence-corrected chi connectivity index (χ4v) is 3.22. The van der Waals surface area contributed by atoms with Gasteiger partial charge in [-0.1, -0.05) is 13.8 Å². The van der Waals surface area contributed by atoms with Crippen LogP contribution in [0.1, 0.15) is 25.8 Å². The highest BCUT2D eigenvalue weighted by Crippen LogP contribution is 2.38. The number of rotatable bonds is 8. The standard InChI is InChI=1S/C19H19F3N2O4S/c1-3-12(2)29-15-8-9-17(16(10-15)19(20,21)22)23-18(25)11-28-14-6-4-13(5-7-14)24(26)27/h4-10,12H,3,11H2,1-2H3,(H,23,25). The van der Waals surface area contributed by atoms with Crippen LogP contribution in [0.2, 0.25) is 0 Å². The molecule has 0 bridgehead atoms. The van der Waals surface area contributed by atoms with Gasteiger partial charge in [-0.05, 0) is 36.8 Å². The number of thioether (sulfide) groups is 1. The van der Waals surface area contributed by atoms with E-state index >= 15 is 0 Å². The number of carbonyl (C=O) groups excluding carboxylic acids is 1. The zero-order chi connectivity index (χ0) is 21.6. The number of amides is 1. The SMILES string of the molecule is CCC(C)Sc1ccc(NC(=O)COc2ccc([N+](=O)[O-])cc2)c(C(F)(F)F)c1. The molecule has 0 aromatic heterocycles. The van der Waals surface area contributed by atoms with E-state index in [-0.39, 0.29) is 22.4 Å². The number of benzene rings is 2. The number of nitro benzene ring substituents is 1. The summed E-state index contributed by atoms with van der Waals surface area (Å²) in [7, 11) is 0. The molecule has 0 aliphatic heterocycles. The molecule has 0 radical (unpaired) electrons. The van der Waals surface area contributed by atoms with Gasteiger partial charge in [-0.3, -0.25) is 14.9 Å². The van der Waals surface area contributed by atoms with Gasteiger partial charge in [0, 0.05) is 22.3 Å². The van der Waals surface area contributed by atoms with Gasteiger partial charge in [0.2, 0.25) is 0 Å². The number of nitrogens with one attached hydrogen (secondary N) is 1. The zero-order valence-corrected chi connectivity index (χ0v) is 16.5. The fraction of sp³-hybridized carbons (Fsp3) is 0.316. The number of alkyl halides is 3. The first-order chi connectivity index (χ1) is 13.6. The molecular formula is C19H19F3N2O4S. The maximum absolute atomic E-state index is 13.4. The van der Waals surface area contributed by atoms with Crippen molar-refractivity contribution in [2.24, 2.45) is 0 Å². The van der Waals surface area contributed by atoms with Crippen molar-refractivity contribution in [3.63, 3.8) is 0 Å². The Kier molecular flexibility index (Phi) is 7.49. The van der Waals surface area contributed by atoms with Crippen molar-refractivity contribution < 1.29 is 27.6 Å². The maximum atomic E-state index is 13.4. The summed E-state index contributed by atoms with van der Waals surface area (Å²) in [6, 6.07) is 8.76. The first kappa shape index (κ1) is 22.5. The van der Waals surface area contributed by atoms with Crippen LogP contribution in [0.5, 0.6) is 5.75 Å². The quantitative estimate of drug-likeness (QED) is 0.340. The Morgan fingerprint density at radius 1 is 1.24 bits per heavy atom. The summed E-state index contributed by atoms with van der Waals surface area (Å²) >= 11 is 1.33. The zero-order valence-electron chi connectivity index (χ0n) is 15.7. The molecule has 0 heterocycles. The van der Waals surface area contributed by atoms with E-state index in [2.05, 4.69) is 5.32 Å². The molecule has 2 aromatic rings. The molecule has 0 saturated heterocycles. The lowest BCUT2D eigenvalue weighted by molar-refractivity contribution is -0.384. The second-order valence-electron chi connectivity index (χ2n) is 6.13. The van der Waals surface area contributed by atoms with Crippen LogP contribution in [0.4, 0.5) is 24.5 Å². The van der Waals surface area contributed by atoms with E-state index in [0.717, 1.165) is 12.5 Å². The smallest absolute Gasteiger partial charge is 0.418 e. The van der Waals surface area contributed by atoms with Crippen LogP contribution >= 0.6 is 11.8 Å². The molecule has 1 unspecified atom stereocenters. The Bertz CT molecular complexity index is 873. The monoisotopic (exact) mass is 428 g/mol. The second-order valence-corrected chi connectivity index (χ2v) is 7.64. The number of halogens is 3. The topological polar surface area (TPSA) is 81.5 Å². The average Bonchev–Trinajstić information content (AvgIpc) is 2.67. The molecule has 0 spiro atoms. The molecule has 2 aromatic carbocycles. The highest BCUT2D eigenvalue weighted by atomic mass is 32.2. The Hall–Kier alpha value is -2.75. The van der Waals surface area contributed by atoms with Gasteiger partial charge in [-0.15, -0.1) is 11.8 Å². The van der Waals surface area contributed by atoms with Crippen LogP contribution in [0.3, 0.4) is 0 Å². The lowest BCUT2D eigenvalue weighted by atomic mass is 10.1. The van der Waals surface area contributed by atoms with Crippen LogP contribution in [0, 0.1) is 10.1 Å². The summed E-state index contributed by atoms with van der Waals surface area (Å²) in [5, 5.41) is 13.0. The molecule has 6 nitrogen and oxygen atoms in total. The summed E-state index contributed by atoms with van der Waals surface area (Å²) in [6.07, 6.45) is -3.82. The molecule has 2 rings (SSSR count). The van der Waals surface area contributed by atoms with E-state index in [1.54, 1.807) is 0 Å². The minimum atomic E-state index is -4.63. The van der Waals surface area contributed by atoms with Crippen LogP contribution in [0.15, 0.2) is 47.4 Å². The Balaban J connectivity index is 2.07. The Morgan fingerprint density at radius 2 is 1.90 bits per heavy atom.